The largest absolute Gasteiger partial charge is 0.376 e. The quantitative estimate of drug-likeness (QED) is 0.763. The Kier molecular flexibility index (Phi) is 4.58. The van der Waals surface area contributed by atoms with E-state index in [9.17, 15) is 0 Å². The number of nitrogens with zero attached hydrogens (tertiary/aromatic N) is 1. The molecule has 3 nitrogen and oxygen atoms in total. The Morgan fingerprint density at radius 2 is 2.62 bits per heavy atom. The molecule has 0 aliphatic carbocycles. The van der Waals surface area contributed by atoms with E-state index in [1.807, 2.05) is 12.3 Å². The molecule has 0 spiro atoms. The van der Waals surface area contributed by atoms with Crippen molar-refractivity contribution >= 4 is 22.9 Å². The summed E-state index contributed by atoms with van der Waals surface area (Å²) in [5.74, 6) is 0.467. The number of hydrogen-bond donors (Lipinski definition) is 0. The highest BCUT2D eigenvalue weighted by Crippen LogP contribution is 2.23. The minimum Gasteiger partial charge on any atom is -0.376 e. The minimum absolute atomic E-state index is 0.0335. The molecule has 2 unspecified atom stereocenters. The molecule has 16 heavy (non-hydrogen) atoms. The Morgan fingerprint density at radius 1 is 1.75 bits per heavy atom. The Morgan fingerprint density at radius 3 is 3.25 bits per heavy atom. The van der Waals surface area contributed by atoms with Gasteiger partial charge in [0.1, 0.15) is 11.1 Å². The van der Waals surface area contributed by atoms with Crippen molar-refractivity contribution in [2.75, 3.05) is 13.2 Å². The molecule has 1 aliphatic heterocycles. The molecule has 1 saturated heterocycles. The molecule has 90 valence electrons. The average Bonchev–Trinajstić information content (AvgIpc) is 2.96. The maximum atomic E-state index is 5.75. The summed E-state index contributed by atoms with van der Waals surface area (Å²) in [7, 11) is 0. The zero-order valence-electron chi connectivity index (χ0n) is 9.32. The number of rotatable bonds is 5. The first-order valence-electron chi connectivity index (χ1n) is 5.53. The lowest BCUT2D eigenvalue weighted by atomic mass is 10.2. The summed E-state index contributed by atoms with van der Waals surface area (Å²) in [6.45, 7) is 3.55. The second kappa shape index (κ2) is 5.96. The first-order chi connectivity index (χ1) is 7.79. The van der Waals surface area contributed by atoms with Crippen LogP contribution in [0.5, 0.6) is 0 Å². The Bertz CT molecular complexity index is 326. The number of hydrogen-bond acceptors (Lipinski definition) is 4. The monoisotopic (exact) mass is 261 g/mol. The van der Waals surface area contributed by atoms with E-state index in [1.54, 1.807) is 11.3 Å². The van der Waals surface area contributed by atoms with E-state index < -0.39 is 0 Å². The molecule has 0 bridgehead atoms. The summed E-state index contributed by atoms with van der Waals surface area (Å²) >= 11 is 7.31. The Hall–Kier alpha value is -0.160. The number of ether oxygens (including phenoxy) is 2. The van der Waals surface area contributed by atoms with Crippen LogP contribution in [0.1, 0.15) is 36.6 Å². The van der Waals surface area contributed by atoms with Crippen LogP contribution in [0, 0.1) is 0 Å². The third-order valence-electron chi connectivity index (χ3n) is 2.61. The van der Waals surface area contributed by atoms with Crippen LogP contribution >= 0.6 is 22.9 Å². The van der Waals surface area contributed by atoms with E-state index in [1.165, 1.54) is 0 Å². The van der Waals surface area contributed by atoms with Gasteiger partial charge in [0, 0.05) is 12.0 Å². The van der Waals surface area contributed by atoms with Gasteiger partial charge < -0.3 is 9.47 Å². The van der Waals surface area contributed by atoms with Gasteiger partial charge in [0.15, 0.2) is 0 Å². The highest BCUT2D eigenvalue weighted by molar-refractivity contribution is 7.09. The third-order valence-corrected chi connectivity index (χ3v) is 3.94. The number of alkyl halides is 1. The predicted octanol–water partition coefficient (Wildman–Crippen LogP) is 3.14. The second-order valence-electron chi connectivity index (χ2n) is 3.92. The fourth-order valence-corrected chi connectivity index (χ4v) is 2.72. The van der Waals surface area contributed by atoms with E-state index >= 15 is 0 Å². The smallest absolute Gasteiger partial charge is 0.122 e. The van der Waals surface area contributed by atoms with Crippen molar-refractivity contribution in [1.29, 1.82) is 0 Å². The highest BCUT2D eigenvalue weighted by atomic mass is 35.5. The normalized spacial score (nSPS) is 22.5. The molecule has 0 aromatic carbocycles. The summed E-state index contributed by atoms with van der Waals surface area (Å²) in [4.78, 5) is 4.39. The number of halogens is 1. The van der Waals surface area contributed by atoms with Crippen molar-refractivity contribution in [1.82, 2.24) is 4.98 Å². The van der Waals surface area contributed by atoms with Crippen LogP contribution in [0.15, 0.2) is 5.38 Å². The van der Waals surface area contributed by atoms with Crippen molar-refractivity contribution in [3.63, 3.8) is 0 Å². The van der Waals surface area contributed by atoms with Crippen LogP contribution in [0.4, 0.5) is 0 Å². The van der Waals surface area contributed by atoms with Crippen LogP contribution in [0.25, 0.3) is 0 Å². The summed E-state index contributed by atoms with van der Waals surface area (Å²) in [6.07, 6.45) is 2.56. The Balaban J connectivity index is 1.80. The van der Waals surface area contributed by atoms with Gasteiger partial charge in [-0.3, -0.25) is 0 Å². The molecule has 1 aliphatic rings. The lowest BCUT2D eigenvalue weighted by Gasteiger charge is -2.14. The number of aromatic nitrogens is 1. The predicted molar refractivity (Wildman–Crippen MR) is 65.0 cm³/mol. The van der Waals surface area contributed by atoms with Crippen LogP contribution in [-0.4, -0.2) is 24.3 Å². The molecule has 1 aromatic rings. The first-order valence-corrected chi connectivity index (χ1v) is 6.94. The summed E-state index contributed by atoms with van der Waals surface area (Å²) in [6, 6.07) is 0. The molecule has 0 radical (unpaired) electrons. The molecule has 2 atom stereocenters. The first kappa shape index (κ1) is 12.3. The van der Waals surface area contributed by atoms with Crippen molar-refractivity contribution in [2.24, 2.45) is 0 Å². The van der Waals surface area contributed by atoms with Crippen LogP contribution in [0.2, 0.25) is 0 Å². The van der Waals surface area contributed by atoms with Crippen LogP contribution < -0.4 is 0 Å². The fraction of sp³-hybridized carbons (Fsp3) is 0.727. The van der Waals surface area contributed by atoms with Gasteiger partial charge in [-0.2, -0.15) is 0 Å². The molecule has 1 aromatic heterocycles. The summed E-state index contributed by atoms with van der Waals surface area (Å²) < 4.78 is 11.3. The molecule has 0 saturated carbocycles. The van der Waals surface area contributed by atoms with Gasteiger partial charge in [0.2, 0.25) is 0 Å². The van der Waals surface area contributed by atoms with E-state index in [-0.39, 0.29) is 12.2 Å². The zero-order chi connectivity index (χ0) is 11.4. The molecule has 2 rings (SSSR count). The van der Waals surface area contributed by atoms with Gasteiger partial charge >= 0.3 is 0 Å². The molecular weight excluding hydrogens is 246 g/mol. The SMILES string of the molecule is CC(OCC1CCCO1)c1nc(CCl)cs1. The Labute approximate surface area is 105 Å². The van der Waals surface area contributed by atoms with Crippen molar-refractivity contribution in [2.45, 2.75) is 37.9 Å². The maximum Gasteiger partial charge on any atom is 0.122 e. The van der Waals surface area contributed by atoms with Gasteiger partial charge in [-0.05, 0) is 19.8 Å². The van der Waals surface area contributed by atoms with Crippen LogP contribution in [-0.2, 0) is 15.4 Å². The number of thiazole rings is 1. The van der Waals surface area contributed by atoms with Gasteiger partial charge in [-0.25, -0.2) is 4.98 Å². The van der Waals surface area contributed by atoms with E-state index in [2.05, 4.69) is 4.98 Å². The molecule has 0 N–H and O–H groups in total. The van der Waals surface area contributed by atoms with Gasteiger partial charge in [-0.15, -0.1) is 22.9 Å². The molecular formula is C11H16ClNO2S. The molecule has 5 heteroatoms. The van der Waals surface area contributed by atoms with Gasteiger partial charge in [0.25, 0.3) is 0 Å². The molecule has 1 fully saturated rings. The second-order valence-corrected chi connectivity index (χ2v) is 5.08. The van der Waals surface area contributed by atoms with Crippen molar-refractivity contribution < 1.29 is 9.47 Å². The topological polar surface area (TPSA) is 31.4 Å². The molecule has 2 heterocycles. The standard InChI is InChI=1S/C11H16ClNO2S/c1-8(11-13-9(5-12)7-16-11)15-6-10-3-2-4-14-10/h7-8,10H,2-6H2,1H3. The van der Waals surface area contributed by atoms with Crippen molar-refractivity contribution in [3.05, 3.63) is 16.1 Å². The molecule has 0 amide bonds. The van der Waals surface area contributed by atoms with Crippen molar-refractivity contribution in [3.8, 4) is 0 Å². The minimum atomic E-state index is 0.0335. The summed E-state index contributed by atoms with van der Waals surface area (Å²) in [5.41, 5.74) is 0.925. The maximum absolute atomic E-state index is 5.75. The van der Waals surface area contributed by atoms with E-state index in [0.29, 0.717) is 12.5 Å². The van der Waals surface area contributed by atoms with E-state index in [0.717, 1.165) is 30.2 Å². The van der Waals surface area contributed by atoms with Crippen LogP contribution in [0.3, 0.4) is 0 Å². The summed E-state index contributed by atoms with van der Waals surface area (Å²) in [5, 5.41) is 2.97. The van der Waals surface area contributed by atoms with E-state index in [4.69, 9.17) is 21.1 Å². The fourth-order valence-electron chi connectivity index (χ4n) is 1.67. The van der Waals surface area contributed by atoms with Gasteiger partial charge in [-0.1, -0.05) is 0 Å². The highest BCUT2D eigenvalue weighted by Gasteiger charge is 2.18. The lowest BCUT2D eigenvalue weighted by molar-refractivity contribution is -0.0149. The van der Waals surface area contributed by atoms with Gasteiger partial charge in [0.05, 0.1) is 24.3 Å². The zero-order valence-corrected chi connectivity index (χ0v) is 10.9. The average molecular weight is 262 g/mol. The third kappa shape index (κ3) is 3.17. The lowest BCUT2D eigenvalue weighted by Crippen LogP contribution is -2.15.